The number of hydrogen-bond acceptors (Lipinski definition) is 0. The standard InChI is InChI=1S/C38H28.C36H24.C24H16/c1-21-5-9-25(10-6-21)33-29-15-13-28-18-24(4)20-32-34(26-11-7-22(2)8-12-26)30-16-14-27-17-23(3)19-31(33)35(27)38(30)37(29)36(28)32;1-21-9-13-25(14-10-21)31-27-7-3-5-23-18-20-30-32(26-15-11-22(2)12-16-26)28-8-4-6-24-17-19-29(31)35(34(24)28)36(30)33(23)27;1-13-7-15-3-5-18-12-20-10-14(2)8-16-4-6-17-11-19(9-13)21(15)23(18)24(17)22(16)20/h5-20H,1-4H3;3-20H,1-2H3;3-12H,1-2H3. The van der Waals surface area contributed by atoms with Crippen molar-refractivity contribution in [1.29, 1.82) is 0 Å². The molecule has 0 radical (unpaired) electrons. The van der Waals surface area contributed by atoms with E-state index in [4.69, 9.17) is 0 Å². The third kappa shape index (κ3) is 8.25. The predicted octanol–water partition coefficient (Wildman–Crippen LogP) is 28.1. The summed E-state index contributed by atoms with van der Waals surface area (Å²) in [7, 11) is 0. The summed E-state index contributed by atoms with van der Waals surface area (Å²) in [5.41, 5.74) is 20.9. The summed E-state index contributed by atoms with van der Waals surface area (Å²) in [5.74, 6) is 0. The van der Waals surface area contributed by atoms with E-state index < -0.39 is 0 Å². The Morgan fingerprint density at radius 2 is 0.367 bits per heavy atom. The SMILES string of the molecule is Cc1cc2ccc3cc4cc(C)cc5ccc6cc(c1)c2c3c6c54.Cc1ccc(-c2c3cc(C)cc4ccc5c(-c6ccc(C)cc6)c6cc(C)cc7ccc2c(c76)c5c43)cc1.Cc1ccc(-c2c3cccc4ccc5c(-c6ccc(C)cc6)c6cccc7ccc2c(c76)c5c43)cc1. The Labute approximate surface area is 569 Å². The van der Waals surface area contributed by atoms with Crippen molar-refractivity contribution in [3.8, 4) is 44.5 Å². The van der Waals surface area contributed by atoms with E-state index in [1.165, 1.54) is 251 Å². The molecular formula is C98H68. The van der Waals surface area contributed by atoms with E-state index >= 15 is 0 Å². The quantitative estimate of drug-likeness (QED) is 0.122. The van der Waals surface area contributed by atoms with E-state index in [-0.39, 0.29) is 0 Å². The van der Waals surface area contributed by atoms with Crippen LogP contribution in [0.25, 0.3) is 206 Å². The van der Waals surface area contributed by atoms with Gasteiger partial charge in [-0.25, -0.2) is 0 Å². The summed E-state index contributed by atoms with van der Waals surface area (Å²) in [6.45, 7) is 17.5. The number of rotatable bonds is 4. The fraction of sp³-hybridized carbons (Fsp3) is 0.0816. The Bertz CT molecular complexity index is 6560. The highest BCUT2D eigenvalue weighted by molar-refractivity contribution is 6.45. The Morgan fingerprint density at radius 1 is 0.133 bits per heavy atom. The molecule has 0 heterocycles. The molecule has 0 aromatic heterocycles. The molecule has 460 valence electrons. The van der Waals surface area contributed by atoms with Crippen LogP contribution in [0.2, 0.25) is 0 Å². The molecule has 0 spiro atoms. The molecule has 0 fully saturated rings. The summed E-state index contributed by atoms with van der Waals surface area (Å²) in [5, 5.41) is 41.0. The Kier molecular flexibility index (Phi) is 12.1. The van der Waals surface area contributed by atoms with Gasteiger partial charge in [-0.3, -0.25) is 0 Å². The van der Waals surface area contributed by atoms with Gasteiger partial charge in [0.05, 0.1) is 0 Å². The molecule has 0 nitrogen and oxygen atoms in total. The molecule has 0 N–H and O–H groups in total. The van der Waals surface area contributed by atoms with Gasteiger partial charge in [0.1, 0.15) is 0 Å². The fourth-order valence-corrected chi connectivity index (χ4v) is 18.1. The van der Waals surface area contributed by atoms with E-state index in [0.29, 0.717) is 0 Å². The van der Waals surface area contributed by atoms with Crippen LogP contribution in [0.3, 0.4) is 0 Å². The summed E-state index contributed by atoms with van der Waals surface area (Å²) in [6.07, 6.45) is 0. The van der Waals surface area contributed by atoms with Crippen LogP contribution >= 0.6 is 0 Å². The maximum atomic E-state index is 2.40. The highest BCUT2D eigenvalue weighted by Crippen LogP contribution is 2.55. The van der Waals surface area contributed by atoms with Crippen LogP contribution in [0.5, 0.6) is 0 Å². The smallest absolute Gasteiger partial charge is 0.000741 e. The first-order valence-corrected chi connectivity index (χ1v) is 34.8. The minimum absolute atomic E-state index is 1.28. The maximum absolute atomic E-state index is 2.40. The normalized spacial score (nSPS) is 12.3. The highest BCUT2D eigenvalue weighted by atomic mass is 14.3. The van der Waals surface area contributed by atoms with Crippen LogP contribution in [-0.4, -0.2) is 0 Å². The summed E-state index contributed by atoms with van der Waals surface area (Å²) >= 11 is 0. The average molecular weight is 1250 g/mol. The van der Waals surface area contributed by atoms with E-state index in [1.54, 1.807) is 0 Å². The van der Waals surface area contributed by atoms with Gasteiger partial charge in [-0.15, -0.1) is 0 Å². The molecule has 22 rings (SSSR count). The first-order chi connectivity index (χ1) is 47.8. The second-order valence-electron chi connectivity index (χ2n) is 28.8. The van der Waals surface area contributed by atoms with E-state index in [1.807, 2.05) is 0 Å². The monoisotopic (exact) mass is 1240 g/mol. The Morgan fingerprint density at radius 3 is 0.694 bits per heavy atom. The molecule has 0 unspecified atom stereocenters. The van der Waals surface area contributed by atoms with Crippen molar-refractivity contribution >= 4 is 162 Å². The van der Waals surface area contributed by atoms with Gasteiger partial charge in [-0.1, -0.05) is 277 Å². The third-order valence-corrected chi connectivity index (χ3v) is 22.2. The molecule has 0 bridgehead atoms. The number of hydrogen-bond donors (Lipinski definition) is 0. The van der Waals surface area contributed by atoms with Crippen LogP contribution in [0.4, 0.5) is 0 Å². The molecule has 98 heavy (non-hydrogen) atoms. The lowest BCUT2D eigenvalue weighted by Gasteiger charge is -2.24. The molecule has 22 aromatic rings. The van der Waals surface area contributed by atoms with E-state index in [2.05, 4.69) is 322 Å². The van der Waals surface area contributed by atoms with Gasteiger partial charge in [0, 0.05) is 0 Å². The highest BCUT2D eigenvalue weighted by Gasteiger charge is 2.27. The molecule has 0 aliphatic rings. The summed E-state index contributed by atoms with van der Waals surface area (Å²) in [6, 6.07) is 101. The molecule has 0 heteroatoms. The van der Waals surface area contributed by atoms with Crippen molar-refractivity contribution in [2.75, 3.05) is 0 Å². The van der Waals surface area contributed by atoms with Gasteiger partial charge in [0.25, 0.3) is 0 Å². The lowest BCUT2D eigenvalue weighted by Crippen LogP contribution is -1.96. The predicted molar refractivity (Wildman–Crippen MR) is 429 cm³/mol. The average Bonchev–Trinajstić information content (AvgIpc) is 0.700. The lowest BCUT2D eigenvalue weighted by atomic mass is 9.79. The second kappa shape index (κ2) is 20.9. The van der Waals surface area contributed by atoms with Crippen LogP contribution in [0.15, 0.2) is 267 Å². The largest absolute Gasteiger partial charge is 0.0610 e. The van der Waals surface area contributed by atoms with Gasteiger partial charge in [-0.2, -0.15) is 0 Å². The van der Waals surface area contributed by atoms with Gasteiger partial charge < -0.3 is 0 Å². The van der Waals surface area contributed by atoms with E-state index in [9.17, 15) is 0 Å². The molecule has 0 saturated heterocycles. The van der Waals surface area contributed by atoms with Crippen molar-refractivity contribution in [2.24, 2.45) is 0 Å². The third-order valence-electron chi connectivity index (χ3n) is 22.2. The molecule has 0 aliphatic heterocycles. The Balaban J connectivity index is 0.000000102. The van der Waals surface area contributed by atoms with Gasteiger partial charge in [0.15, 0.2) is 0 Å². The number of aryl methyl sites for hydroxylation is 8. The summed E-state index contributed by atoms with van der Waals surface area (Å²) < 4.78 is 0. The van der Waals surface area contributed by atoms with Crippen molar-refractivity contribution in [2.45, 2.75) is 55.4 Å². The molecule has 22 aromatic carbocycles. The Hall–Kier alpha value is -11.7. The molecule has 0 saturated carbocycles. The van der Waals surface area contributed by atoms with Crippen LogP contribution in [-0.2, 0) is 0 Å². The van der Waals surface area contributed by atoms with Crippen molar-refractivity contribution in [1.82, 2.24) is 0 Å². The minimum Gasteiger partial charge on any atom is -0.0610 e. The molecule has 0 atom stereocenters. The van der Waals surface area contributed by atoms with Crippen LogP contribution < -0.4 is 0 Å². The topological polar surface area (TPSA) is 0 Å². The van der Waals surface area contributed by atoms with Crippen LogP contribution in [0, 0.1) is 55.4 Å². The first kappa shape index (κ1) is 56.6. The molecule has 0 amide bonds. The minimum atomic E-state index is 1.28. The van der Waals surface area contributed by atoms with Crippen molar-refractivity contribution in [3.63, 3.8) is 0 Å². The first-order valence-electron chi connectivity index (χ1n) is 34.8. The fourth-order valence-electron chi connectivity index (χ4n) is 18.1. The maximum Gasteiger partial charge on any atom is -0.000741 e. The molecule has 0 aliphatic carbocycles. The zero-order chi connectivity index (χ0) is 65.7. The zero-order valence-electron chi connectivity index (χ0n) is 56.4. The van der Waals surface area contributed by atoms with Gasteiger partial charge >= 0.3 is 0 Å². The van der Waals surface area contributed by atoms with Crippen molar-refractivity contribution in [3.05, 3.63) is 311 Å². The number of benzene rings is 22. The zero-order valence-corrected chi connectivity index (χ0v) is 56.4. The molecular weight excluding hydrogens is 1180 g/mol. The van der Waals surface area contributed by atoms with Gasteiger partial charge in [-0.05, 0) is 296 Å². The van der Waals surface area contributed by atoms with Crippen molar-refractivity contribution < 1.29 is 0 Å². The second-order valence-corrected chi connectivity index (χ2v) is 28.8. The lowest BCUT2D eigenvalue weighted by molar-refractivity contribution is 1.47. The van der Waals surface area contributed by atoms with Gasteiger partial charge in [0.2, 0.25) is 0 Å². The van der Waals surface area contributed by atoms with E-state index in [0.717, 1.165) is 0 Å². The van der Waals surface area contributed by atoms with Crippen LogP contribution in [0.1, 0.15) is 44.5 Å². The summed E-state index contributed by atoms with van der Waals surface area (Å²) in [4.78, 5) is 0.